The van der Waals surface area contributed by atoms with Gasteiger partial charge in [0, 0.05) is 6.07 Å². The van der Waals surface area contributed by atoms with Crippen LogP contribution < -0.4 is 21.3 Å². The lowest BCUT2D eigenvalue weighted by atomic mass is 10.2. The fourth-order valence-electron chi connectivity index (χ4n) is 1.70. The van der Waals surface area contributed by atoms with Crippen molar-refractivity contribution in [2.24, 2.45) is 5.84 Å². The van der Waals surface area contributed by atoms with Crippen molar-refractivity contribution >= 4 is 17.3 Å². The molecule has 20 heavy (non-hydrogen) atoms. The van der Waals surface area contributed by atoms with Gasteiger partial charge in [0.15, 0.2) is 23.3 Å². The molecule has 2 aromatic rings. The molecule has 4 N–H and O–H groups in total. The molecular formula is C13H14F2N4O. The van der Waals surface area contributed by atoms with Gasteiger partial charge in [-0.3, -0.25) is 0 Å². The van der Waals surface area contributed by atoms with Gasteiger partial charge in [0.2, 0.25) is 0 Å². The predicted octanol–water partition coefficient (Wildman–Crippen LogP) is 2.71. The molecule has 0 radical (unpaired) electrons. The molecule has 1 aromatic carbocycles. The van der Waals surface area contributed by atoms with E-state index in [2.05, 4.69) is 15.7 Å². The zero-order chi connectivity index (χ0) is 14.7. The molecule has 0 saturated carbocycles. The van der Waals surface area contributed by atoms with Crippen LogP contribution in [0.1, 0.15) is 5.56 Å². The number of aromatic nitrogens is 1. The zero-order valence-electron chi connectivity index (χ0n) is 11.0. The van der Waals surface area contributed by atoms with Crippen LogP contribution in [0.3, 0.4) is 0 Å². The molecule has 0 bridgehead atoms. The molecule has 0 aliphatic rings. The minimum absolute atomic E-state index is 0.150. The van der Waals surface area contributed by atoms with Gasteiger partial charge in [-0.05, 0) is 24.6 Å². The maximum absolute atomic E-state index is 13.7. The van der Waals surface area contributed by atoms with Crippen molar-refractivity contribution in [3.63, 3.8) is 0 Å². The molecule has 0 spiro atoms. The van der Waals surface area contributed by atoms with E-state index >= 15 is 0 Å². The third kappa shape index (κ3) is 2.77. The van der Waals surface area contributed by atoms with Crippen molar-refractivity contribution in [2.75, 3.05) is 17.9 Å². The third-order valence-corrected chi connectivity index (χ3v) is 2.67. The van der Waals surface area contributed by atoms with Crippen LogP contribution in [0.5, 0.6) is 5.75 Å². The number of hydrazine groups is 1. The predicted molar refractivity (Wildman–Crippen MR) is 73.0 cm³/mol. The van der Waals surface area contributed by atoms with Gasteiger partial charge < -0.3 is 15.5 Å². The van der Waals surface area contributed by atoms with E-state index < -0.39 is 11.6 Å². The number of nitrogens with zero attached hydrogens (tertiary/aromatic N) is 1. The number of pyridine rings is 1. The lowest BCUT2D eigenvalue weighted by molar-refractivity contribution is 0.416. The number of benzene rings is 1. The number of aryl methyl sites for hydroxylation is 1. The number of rotatable bonds is 4. The smallest absolute Gasteiger partial charge is 0.178 e. The molecule has 106 valence electrons. The Morgan fingerprint density at radius 3 is 2.50 bits per heavy atom. The summed E-state index contributed by atoms with van der Waals surface area (Å²) in [7, 11) is 1.50. The maximum atomic E-state index is 13.7. The van der Waals surface area contributed by atoms with E-state index in [-0.39, 0.29) is 11.6 Å². The Labute approximate surface area is 114 Å². The normalized spacial score (nSPS) is 10.2. The molecule has 0 atom stereocenters. The molecule has 1 heterocycles. The molecule has 0 saturated heterocycles. The molecule has 0 aliphatic carbocycles. The molecule has 0 fully saturated rings. The van der Waals surface area contributed by atoms with Crippen molar-refractivity contribution in [1.29, 1.82) is 0 Å². The Bertz CT molecular complexity index is 634. The number of ether oxygens (including phenoxy) is 1. The van der Waals surface area contributed by atoms with E-state index in [4.69, 9.17) is 10.6 Å². The molecule has 5 nitrogen and oxygen atoms in total. The highest BCUT2D eigenvalue weighted by Crippen LogP contribution is 2.29. The second kappa shape index (κ2) is 5.70. The summed E-state index contributed by atoms with van der Waals surface area (Å²) < 4.78 is 32.2. The van der Waals surface area contributed by atoms with Crippen LogP contribution in [0.25, 0.3) is 0 Å². The molecule has 0 unspecified atom stereocenters. The standard InChI is InChI=1S/C13H14F2N4O/c1-7-3-4-11(20-2)10(5-7)17-12-8(14)6-9(15)13(18-12)19-16/h3-6H,16H2,1-2H3,(H2,17,18,19). The van der Waals surface area contributed by atoms with Crippen LogP contribution in [0, 0.1) is 18.6 Å². The van der Waals surface area contributed by atoms with E-state index in [9.17, 15) is 8.78 Å². The van der Waals surface area contributed by atoms with E-state index in [1.807, 2.05) is 13.0 Å². The van der Waals surface area contributed by atoms with Gasteiger partial charge in [-0.25, -0.2) is 19.6 Å². The molecule has 0 aliphatic heterocycles. The van der Waals surface area contributed by atoms with E-state index in [0.717, 1.165) is 5.56 Å². The number of hydrogen-bond donors (Lipinski definition) is 3. The highest BCUT2D eigenvalue weighted by atomic mass is 19.1. The first kappa shape index (κ1) is 14.0. The lowest BCUT2D eigenvalue weighted by Gasteiger charge is -2.13. The highest BCUT2D eigenvalue weighted by molar-refractivity contribution is 5.66. The van der Waals surface area contributed by atoms with Crippen LogP contribution in [0.4, 0.5) is 26.1 Å². The van der Waals surface area contributed by atoms with Crippen molar-refractivity contribution in [2.45, 2.75) is 6.92 Å². The molecular weight excluding hydrogens is 266 g/mol. The minimum Gasteiger partial charge on any atom is -0.495 e. The van der Waals surface area contributed by atoms with Crippen LogP contribution >= 0.6 is 0 Å². The van der Waals surface area contributed by atoms with Crippen LogP contribution in [0.2, 0.25) is 0 Å². The summed E-state index contributed by atoms with van der Waals surface area (Å²) in [5, 5.41) is 2.76. The summed E-state index contributed by atoms with van der Waals surface area (Å²) in [6.45, 7) is 1.88. The Hall–Kier alpha value is -2.41. The van der Waals surface area contributed by atoms with Gasteiger partial charge in [0.05, 0.1) is 12.8 Å². The SMILES string of the molecule is COc1ccc(C)cc1Nc1nc(NN)c(F)cc1F. The zero-order valence-corrected chi connectivity index (χ0v) is 11.0. The van der Waals surface area contributed by atoms with Gasteiger partial charge in [-0.2, -0.15) is 0 Å². The Morgan fingerprint density at radius 2 is 1.85 bits per heavy atom. The van der Waals surface area contributed by atoms with Crippen molar-refractivity contribution in [1.82, 2.24) is 4.98 Å². The van der Waals surface area contributed by atoms with Gasteiger partial charge >= 0.3 is 0 Å². The minimum atomic E-state index is -0.869. The number of halogens is 2. The number of anilines is 3. The quantitative estimate of drug-likeness (QED) is 0.593. The second-order valence-electron chi connectivity index (χ2n) is 4.12. The number of nitrogens with one attached hydrogen (secondary N) is 2. The van der Waals surface area contributed by atoms with Gasteiger partial charge in [0.25, 0.3) is 0 Å². The summed E-state index contributed by atoms with van der Waals surface area (Å²) in [5.74, 6) is 3.54. The van der Waals surface area contributed by atoms with Gasteiger partial charge in [0.1, 0.15) is 5.75 Å². The number of nitrogens with two attached hydrogens (primary N) is 1. The van der Waals surface area contributed by atoms with Crippen molar-refractivity contribution < 1.29 is 13.5 Å². The first-order chi connectivity index (χ1) is 9.55. The average molecular weight is 280 g/mol. The molecule has 0 amide bonds. The number of methoxy groups -OCH3 is 1. The Morgan fingerprint density at radius 1 is 1.15 bits per heavy atom. The number of nitrogen functional groups attached to an aromatic ring is 1. The summed E-state index contributed by atoms with van der Waals surface area (Å²) in [6.07, 6.45) is 0. The van der Waals surface area contributed by atoms with E-state index in [1.165, 1.54) is 7.11 Å². The average Bonchev–Trinajstić information content (AvgIpc) is 2.42. The summed E-state index contributed by atoms with van der Waals surface area (Å²) >= 11 is 0. The summed E-state index contributed by atoms with van der Waals surface area (Å²) in [4.78, 5) is 3.74. The molecule has 2 rings (SSSR count). The monoisotopic (exact) mass is 280 g/mol. The fourth-order valence-corrected chi connectivity index (χ4v) is 1.70. The summed E-state index contributed by atoms with van der Waals surface area (Å²) in [5.41, 5.74) is 3.54. The van der Waals surface area contributed by atoms with Crippen molar-refractivity contribution in [3.05, 3.63) is 41.5 Å². The van der Waals surface area contributed by atoms with Gasteiger partial charge in [-0.1, -0.05) is 6.07 Å². The Kier molecular flexibility index (Phi) is 3.99. The lowest BCUT2D eigenvalue weighted by Crippen LogP contribution is -2.12. The van der Waals surface area contributed by atoms with Crippen LogP contribution in [-0.4, -0.2) is 12.1 Å². The largest absolute Gasteiger partial charge is 0.495 e. The third-order valence-electron chi connectivity index (χ3n) is 2.67. The first-order valence-electron chi connectivity index (χ1n) is 5.79. The van der Waals surface area contributed by atoms with Crippen LogP contribution in [0.15, 0.2) is 24.3 Å². The molecule has 7 heteroatoms. The van der Waals surface area contributed by atoms with E-state index in [0.29, 0.717) is 17.5 Å². The second-order valence-corrected chi connectivity index (χ2v) is 4.12. The summed E-state index contributed by atoms with van der Waals surface area (Å²) in [6, 6.07) is 6.05. The highest BCUT2D eigenvalue weighted by Gasteiger charge is 2.13. The fraction of sp³-hybridized carbons (Fsp3) is 0.154. The van der Waals surface area contributed by atoms with Crippen molar-refractivity contribution in [3.8, 4) is 5.75 Å². The Balaban J connectivity index is 2.41. The topological polar surface area (TPSA) is 72.2 Å². The van der Waals surface area contributed by atoms with Gasteiger partial charge in [-0.15, -0.1) is 0 Å². The maximum Gasteiger partial charge on any atom is 0.178 e. The number of hydrogen-bond acceptors (Lipinski definition) is 5. The first-order valence-corrected chi connectivity index (χ1v) is 5.79. The van der Waals surface area contributed by atoms with Crippen LogP contribution in [-0.2, 0) is 0 Å². The molecule has 1 aromatic heterocycles. The van der Waals surface area contributed by atoms with E-state index in [1.54, 1.807) is 12.1 Å².